The Balaban J connectivity index is 0.00000225. The molecule has 0 radical (unpaired) electrons. The molecular weight excluding hydrogens is 352 g/mol. The third kappa shape index (κ3) is 2.83. The van der Waals surface area contributed by atoms with Crippen LogP contribution in [0.25, 0.3) is 0 Å². The molecular formula is C16H11ClN2O6. The lowest BCUT2D eigenvalue weighted by molar-refractivity contribution is -0.385. The third-order valence-corrected chi connectivity index (χ3v) is 3.64. The van der Waals surface area contributed by atoms with Crippen LogP contribution in [0, 0.1) is 10.1 Å². The maximum atomic E-state index is 12.5. The van der Waals surface area contributed by atoms with Crippen LogP contribution in [0.15, 0.2) is 42.5 Å². The zero-order chi connectivity index (χ0) is 17.4. The molecule has 0 unspecified atom stereocenters. The molecule has 0 aliphatic carbocycles. The zero-order valence-electron chi connectivity index (χ0n) is 12.8. The number of hydrogen-bond acceptors (Lipinski definition) is 6. The van der Waals surface area contributed by atoms with Crippen LogP contribution in [0.1, 0.15) is 31.1 Å². The van der Waals surface area contributed by atoms with E-state index in [2.05, 4.69) is 4.74 Å². The van der Waals surface area contributed by atoms with Gasteiger partial charge in [-0.1, -0.05) is 6.07 Å². The predicted octanol–water partition coefficient (Wildman–Crippen LogP) is 2.60. The summed E-state index contributed by atoms with van der Waals surface area (Å²) in [6.45, 7) is 0. The Kier molecular flexibility index (Phi) is 4.84. The van der Waals surface area contributed by atoms with Gasteiger partial charge in [0.15, 0.2) is 0 Å². The van der Waals surface area contributed by atoms with Gasteiger partial charge >= 0.3 is 5.97 Å². The van der Waals surface area contributed by atoms with Crippen LogP contribution in [0.2, 0.25) is 0 Å². The normalized spacial score (nSPS) is 12.4. The number of esters is 1. The first-order valence-corrected chi connectivity index (χ1v) is 6.80. The van der Waals surface area contributed by atoms with Crippen molar-refractivity contribution in [2.75, 3.05) is 12.0 Å². The first kappa shape index (κ1) is 18.1. The standard InChI is InChI=1S/C16H10N2O6.ClH/c1-24-16(21)9-5-7-10(8-6-9)17-14(19)11-3-2-4-12(18(22)23)13(11)15(17)20;/h2-8H,1H3;1H. The molecule has 9 heteroatoms. The molecule has 0 aromatic heterocycles. The molecule has 2 aromatic rings. The molecule has 0 atom stereocenters. The monoisotopic (exact) mass is 362 g/mol. The van der Waals surface area contributed by atoms with Gasteiger partial charge in [-0.05, 0) is 30.3 Å². The average molecular weight is 363 g/mol. The van der Waals surface area contributed by atoms with Crippen LogP contribution >= 0.6 is 12.4 Å². The average Bonchev–Trinajstić information content (AvgIpc) is 2.85. The van der Waals surface area contributed by atoms with Crippen LogP contribution in [0.5, 0.6) is 0 Å². The summed E-state index contributed by atoms with van der Waals surface area (Å²) in [5, 5.41) is 11.1. The van der Waals surface area contributed by atoms with Gasteiger partial charge in [0, 0.05) is 6.07 Å². The fourth-order valence-electron chi connectivity index (χ4n) is 2.52. The molecule has 0 fully saturated rings. The highest BCUT2D eigenvalue weighted by Gasteiger charge is 2.41. The van der Waals surface area contributed by atoms with Gasteiger partial charge in [0.05, 0.1) is 28.8 Å². The quantitative estimate of drug-likeness (QED) is 0.359. The number of carbonyl (C=O) groups excluding carboxylic acids is 3. The summed E-state index contributed by atoms with van der Waals surface area (Å²) in [5.41, 5.74) is -0.206. The molecule has 0 saturated heterocycles. The largest absolute Gasteiger partial charge is 0.465 e. The van der Waals surface area contributed by atoms with Gasteiger partial charge in [0.1, 0.15) is 5.56 Å². The Morgan fingerprint density at radius 2 is 1.72 bits per heavy atom. The van der Waals surface area contributed by atoms with Crippen molar-refractivity contribution < 1.29 is 24.0 Å². The molecule has 1 heterocycles. The van der Waals surface area contributed by atoms with Crippen LogP contribution in [0.3, 0.4) is 0 Å². The molecule has 0 bridgehead atoms. The van der Waals surface area contributed by atoms with E-state index in [1.165, 1.54) is 49.6 Å². The Morgan fingerprint density at radius 3 is 2.28 bits per heavy atom. The van der Waals surface area contributed by atoms with Gasteiger partial charge in [-0.15, -0.1) is 12.4 Å². The second-order valence-electron chi connectivity index (χ2n) is 4.94. The van der Waals surface area contributed by atoms with E-state index < -0.39 is 28.4 Å². The van der Waals surface area contributed by atoms with Crippen molar-refractivity contribution in [3.8, 4) is 0 Å². The highest BCUT2D eigenvalue weighted by Crippen LogP contribution is 2.33. The minimum atomic E-state index is -0.770. The van der Waals surface area contributed by atoms with E-state index in [1.54, 1.807) is 0 Å². The van der Waals surface area contributed by atoms with E-state index in [0.717, 1.165) is 4.90 Å². The van der Waals surface area contributed by atoms with Crippen molar-refractivity contribution >= 4 is 41.6 Å². The van der Waals surface area contributed by atoms with Crippen molar-refractivity contribution in [2.45, 2.75) is 0 Å². The van der Waals surface area contributed by atoms with Crippen molar-refractivity contribution in [3.63, 3.8) is 0 Å². The molecule has 25 heavy (non-hydrogen) atoms. The van der Waals surface area contributed by atoms with Gasteiger partial charge in [-0.25, -0.2) is 9.69 Å². The van der Waals surface area contributed by atoms with Gasteiger partial charge in [0.25, 0.3) is 17.5 Å². The second-order valence-corrected chi connectivity index (χ2v) is 4.94. The van der Waals surface area contributed by atoms with Crippen molar-refractivity contribution in [1.82, 2.24) is 0 Å². The molecule has 0 N–H and O–H groups in total. The molecule has 0 spiro atoms. The summed E-state index contributed by atoms with van der Waals surface area (Å²) < 4.78 is 4.58. The number of hydrogen-bond donors (Lipinski definition) is 0. The summed E-state index contributed by atoms with van der Waals surface area (Å²) >= 11 is 0. The number of nitro groups is 1. The topological polar surface area (TPSA) is 107 Å². The number of methoxy groups -OCH3 is 1. The van der Waals surface area contributed by atoms with E-state index in [0.29, 0.717) is 0 Å². The smallest absolute Gasteiger partial charge is 0.337 e. The fraction of sp³-hybridized carbons (Fsp3) is 0.0625. The molecule has 3 rings (SSSR count). The number of anilines is 1. The van der Waals surface area contributed by atoms with Gasteiger partial charge in [-0.2, -0.15) is 0 Å². The van der Waals surface area contributed by atoms with E-state index in [1.807, 2.05) is 0 Å². The summed E-state index contributed by atoms with van der Waals surface area (Å²) in [6.07, 6.45) is 0. The number of halogens is 1. The van der Waals surface area contributed by atoms with Crippen LogP contribution in [0.4, 0.5) is 11.4 Å². The molecule has 128 valence electrons. The molecule has 0 saturated carbocycles. The first-order chi connectivity index (χ1) is 11.5. The van der Waals surface area contributed by atoms with E-state index in [-0.39, 0.29) is 34.8 Å². The van der Waals surface area contributed by atoms with Crippen molar-refractivity contribution in [3.05, 3.63) is 69.3 Å². The number of imide groups is 1. The number of benzene rings is 2. The maximum Gasteiger partial charge on any atom is 0.337 e. The second kappa shape index (κ2) is 6.70. The summed E-state index contributed by atoms with van der Waals surface area (Å²) in [4.78, 5) is 47.6. The highest BCUT2D eigenvalue weighted by molar-refractivity contribution is 6.35. The summed E-state index contributed by atoms with van der Waals surface area (Å²) in [7, 11) is 1.24. The van der Waals surface area contributed by atoms with Gasteiger partial charge in [-0.3, -0.25) is 19.7 Å². The number of rotatable bonds is 3. The van der Waals surface area contributed by atoms with E-state index in [4.69, 9.17) is 0 Å². The lowest BCUT2D eigenvalue weighted by Gasteiger charge is -2.13. The zero-order valence-corrected chi connectivity index (χ0v) is 13.6. The minimum absolute atomic E-state index is 0. The third-order valence-electron chi connectivity index (χ3n) is 3.64. The van der Waals surface area contributed by atoms with Gasteiger partial charge in [0.2, 0.25) is 0 Å². The molecule has 8 nitrogen and oxygen atoms in total. The van der Waals surface area contributed by atoms with Crippen molar-refractivity contribution in [1.29, 1.82) is 0 Å². The Bertz CT molecular complexity index is 894. The van der Waals surface area contributed by atoms with Gasteiger partial charge < -0.3 is 4.74 Å². The molecule has 2 amide bonds. The number of nitrogens with zero attached hydrogens (tertiary/aromatic N) is 2. The highest BCUT2D eigenvalue weighted by atomic mass is 35.5. The Morgan fingerprint density at radius 1 is 1.08 bits per heavy atom. The number of fused-ring (bicyclic) bond motifs is 1. The number of amides is 2. The predicted molar refractivity (Wildman–Crippen MR) is 89.3 cm³/mol. The number of carbonyl (C=O) groups is 3. The first-order valence-electron chi connectivity index (χ1n) is 6.80. The van der Waals surface area contributed by atoms with Crippen LogP contribution in [-0.2, 0) is 4.74 Å². The summed E-state index contributed by atoms with van der Waals surface area (Å²) in [6, 6.07) is 9.50. The summed E-state index contributed by atoms with van der Waals surface area (Å²) in [5.74, 6) is -1.97. The lowest BCUT2D eigenvalue weighted by atomic mass is 10.1. The Hall–Kier alpha value is -3.26. The molecule has 1 aliphatic rings. The number of ether oxygens (including phenoxy) is 1. The SMILES string of the molecule is COC(=O)c1ccc(N2C(=O)c3cccc([N+](=O)[O-])c3C2=O)cc1.Cl. The lowest BCUT2D eigenvalue weighted by Crippen LogP contribution is -2.29. The van der Waals surface area contributed by atoms with Crippen LogP contribution in [-0.4, -0.2) is 29.8 Å². The maximum absolute atomic E-state index is 12.5. The Labute approximate surface area is 147 Å². The van der Waals surface area contributed by atoms with Crippen molar-refractivity contribution in [2.24, 2.45) is 0 Å². The van der Waals surface area contributed by atoms with E-state index in [9.17, 15) is 24.5 Å². The number of nitro benzene ring substituents is 1. The van der Waals surface area contributed by atoms with E-state index >= 15 is 0 Å². The molecule has 1 aliphatic heterocycles. The van der Waals surface area contributed by atoms with Crippen LogP contribution < -0.4 is 4.90 Å². The fourth-order valence-corrected chi connectivity index (χ4v) is 2.52. The molecule has 2 aromatic carbocycles. The minimum Gasteiger partial charge on any atom is -0.465 e.